The van der Waals surface area contributed by atoms with Crippen LogP contribution in [0.1, 0.15) is 37.5 Å². The zero-order chi connectivity index (χ0) is 14.6. The fourth-order valence-electron chi connectivity index (χ4n) is 2.06. The van der Waals surface area contributed by atoms with E-state index in [0.29, 0.717) is 6.54 Å². The Morgan fingerprint density at radius 2 is 1.79 bits per heavy atom. The number of carbonyl (C=O) groups is 1. The molecular weight excluding hydrogens is 236 g/mol. The molecule has 0 aliphatic heterocycles. The molecule has 0 aliphatic carbocycles. The van der Waals surface area contributed by atoms with Gasteiger partial charge in [0.15, 0.2) is 0 Å². The van der Waals surface area contributed by atoms with Crippen LogP contribution in [0.5, 0.6) is 0 Å². The average Bonchev–Trinajstić information content (AvgIpc) is 2.30. The molecule has 0 saturated heterocycles. The molecule has 0 saturated carbocycles. The maximum atomic E-state index is 11.9. The van der Waals surface area contributed by atoms with Crippen LogP contribution >= 0.6 is 0 Å². The first-order valence-corrected chi connectivity index (χ1v) is 6.82. The average molecular weight is 262 g/mol. The zero-order valence-electron chi connectivity index (χ0n) is 12.7. The summed E-state index contributed by atoms with van der Waals surface area (Å²) in [6.45, 7) is 10.8. The lowest BCUT2D eigenvalue weighted by Gasteiger charge is -2.25. The quantitative estimate of drug-likeness (QED) is 0.875. The summed E-state index contributed by atoms with van der Waals surface area (Å²) in [6, 6.07) is 5.80. The highest BCUT2D eigenvalue weighted by molar-refractivity contribution is 5.82. The molecule has 0 aliphatic rings. The second-order valence-electron chi connectivity index (χ2n) is 6.26. The van der Waals surface area contributed by atoms with Crippen molar-refractivity contribution in [3.63, 3.8) is 0 Å². The van der Waals surface area contributed by atoms with Crippen LogP contribution in [0.2, 0.25) is 0 Å². The third kappa shape index (κ3) is 4.35. The van der Waals surface area contributed by atoms with Crippen molar-refractivity contribution in [3.8, 4) is 0 Å². The van der Waals surface area contributed by atoms with E-state index in [1.807, 2.05) is 20.8 Å². The van der Waals surface area contributed by atoms with Gasteiger partial charge in [0, 0.05) is 6.54 Å². The second-order valence-corrected chi connectivity index (χ2v) is 6.26. The molecule has 0 aromatic heterocycles. The lowest BCUT2D eigenvalue weighted by atomic mass is 9.87. The van der Waals surface area contributed by atoms with E-state index in [4.69, 9.17) is 5.73 Å². The first-order valence-electron chi connectivity index (χ1n) is 6.82. The van der Waals surface area contributed by atoms with Crippen molar-refractivity contribution in [1.82, 2.24) is 5.32 Å². The van der Waals surface area contributed by atoms with E-state index in [1.165, 1.54) is 16.7 Å². The number of rotatable bonds is 4. The smallest absolute Gasteiger partial charge is 0.237 e. The molecule has 1 atom stereocenters. The first kappa shape index (κ1) is 15.7. The summed E-state index contributed by atoms with van der Waals surface area (Å²) in [5.74, 6) is -0.0706. The minimum atomic E-state index is -0.467. The van der Waals surface area contributed by atoms with Crippen molar-refractivity contribution < 1.29 is 4.79 Å². The third-order valence-electron chi connectivity index (χ3n) is 3.53. The Kier molecular flexibility index (Phi) is 5.12. The Morgan fingerprint density at radius 3 is 2.26 bits per heavy atom. The molecule has 19 heavy (non-hydrogen) atoms. The van der Waals surface area contributed by atoms with E-state index in [-0.39, 0.29) is 11.3 Å². The Labute approximate surface area is 116 Å². The number of amides is 1. The van der Waals surface area contributed by atoms with Crippen LogP contribution in [-0.2, 0) is 11.2 Å². The van der Waals surface area contributed by atoms with Crippen LogP contribution in [0.25, 0.3) is 0 Å². The van der Waals surface area contributed by atoms with E-state index < -0.39 is 6.04 Å². The Morgan fingerprint density at radius 1 is 1.26 bits per heavy atom. The van der Waals surface area contributed by atoms with E-state index in [1.54, 1.807) is 0 Å². The zero-order valence-corrected chi connectivity index (χ0v) is 12.7. The van der Waals surface area contributed by atoms with Crippen LogP contribution in [0, 0.1) is 19.3 Å². The maximum absolute atomic E-state index is 11.9. The number of carbonyl (C=O) groups excluding carboxylic acids is 1. The lowest BCUT2D eigenvalue weighted by molar-refractivity contribution is -0.124. The maximum Gasteiger partial charge on any atom is 0.237 e. The van der Waals surface area contributed by atoms with Gasteiger partial charge in [0.25, 0.3) is 0 Å². The van der Waals surface area contributed by atoms with E-state index in [9.17, 15) is 4.79 Å². The fraction of sp³-hybridized carbons (Fsp3) is 0.562. The van der Waals surface area contributed by atoms with Crippen molar-refractivity contribution in [2.24, 2.45) is 11.1 Å². The minimum absolute atomic E-state index is 0.0706. The van der Waals surface area contributed by atoms with Gasteiger partial charge in [-0.05, 0) is 42.4 Å². The Hall–Kier alpha value is -1.35. The van der Waals surface area contributed by atoms with Crippen LogP contribution in [0.4, 0.5) is 0 Å². The third-order valence-corrected chi connectivity index (χ3v) is 3.53. The standard InChI is InChI=1S/C16H26N2O/c1-11-7-6-8-12(2)13(11)9-10-18-15(19)14(17)16(3,4)5/h6-8,14H,9-10,17H2,1-5H3,(H,18,19)/t14-/m1/s1. The number of benzene rings is 1. The normalized spacial score (nSPS) is 13.2. The predicted molar refractivity (Wildman–Crippen MR) is 80.1 cm³/mol. The number of nitrogens with two attached hydrogens (primary N) is 1. The molecule has 3 nitrogen and oxygen atoms in total. The van der Waals surface area contributed by atoms with Gasteiger partial charge in [-0.3, -0.25) is 4.79 Å². The van der Waals surface area contributed by atoms with Crippen molar-refractivity contribution in [2.45, 2.75) is 47.1 Å². The highest BCUT2D eigenvalue weighted by Gasteiger charge is 2.26. The summed E-state index contributed by atoms with van der Waals surface area (Å²) < 4.78 is 0. The van der Waals surface area contributed by atoms with Crippen LogP contribution in [-0.4, -0.2) is 18.5 Å². The van der Waals surface area contributed by atoms with Crippen molar-refractivity contribution in [2.75, 3.05) is 6.54 Å². The van der Waals surface area contributed by atoms with E-state index in [2.05, 4.69) is 37.4 Å². The number of hydrogen-bond donors (Lipinski definition) is 2. The van der Waals surface area contributed by atoms with E-state index >= 15 is 0 Å². The summed E-state index contributed by atoms with van der Waals surface area (Å²) in [5, 5.41) is 2.93. The Bertz CT molecular complexity index is 426. The number of nitrogens with one attached hydrogen (secondary N) is 1. The van der Waals surface area contributed by atoms with Gasteiger partial charge in [-0.15, -0.1) is 0 Å². The van der Waals surface area contributed by atoms with Gasteiger partial charge < -0.3 is 11.1 Å². The van der Waals surface area contributed by atoms with Crippen molar-refractivity contribution in [3.05, 3.63) is 34.9 Å². The van der Waals surface area contributed by atoms with E-state index in [0.717, 1.165) is 6.42 Å². The molecule has 1 rings (SSSR count). The first-order chi connectivity index (χ1) is 8.73. The summed E-state index contributed by atoms with van der Waals surface area (Å²) in [4.78, 5) is 11.9. The SMILES string of the molecule is Cc1cccc(C)c1CCNC(=O)[C@@H](N)C(C)(C)C. The summed E-state index contributed by atoms with van der Waals surface area (Å²) in [6.07, 6.45) is 0.848. The molecule has 1 aromatic carbocycles. The second kappa shape index (κ2) is 6.20. The van der Waals surface area contributed by atoms with Gasteiger partial charge in [-0.2, -0.15) is 0 Å². The van der Waals surface area contributed by atoms with Gasteiger partial charge in [0.05, 0.1) is 6.04 Å². The molecule has 1 amide bonds. The molecule has 0 spiro atoms. The van der Waals surface area contributed by atoms with Gasteiger partial charge in [0.1, 0.15) is 0 Å². The summed E-state index contributed by atoms with van der Waals surface area (Å²) in [7, 11) is 0. The molecule has 0 bridgehead atoms. The lowest BCUT2D eigenvalue weighted by Crippen LogP contribution is -2.49. The van der Waals surface area contributed by atoms with Gasteiger partial charge in [0.2, 0.25) is 5.91 Å². The monoisotopic (exact) mass is 262 g/mol. The number of aryl methyl sites for hydroxylation is 2. The molecule has 3 heteroatoms. The number of hydrogen-bond acceptors (Lipinski definition) is 2. The molecule has 106 valence electrons. The predicted octanol–water partition coefficient (Wildman–Crippen LogP) is 2.34. The molecule has 0 heterocycles. The van der Waals surface area contributed by atoms with Crippen molar-refractivity contribution >= 4 is 5.91 Å². The van der Waals surface area contributed by atoms with Crippen LogP contribution in [0.15, 0.2) is 18.2 Å². The molecule has 1 aromatic rings. The van der Waals surface area contributed by atoms with Crippen LogP contribution in [0.3, 0.4) is 0 Å². The minimum Gasteiger partial charge on any atom is -0.354 e. The topological polar surface area (TPSA) is 55.1 Å². The fourth-order valence-corrected chi connectivity index (χ4v) is 2.06. The molecule has 3 N–H and O–H groups in total. The molecule has 0 radical (unpaired) electrons. The highest BCUT2D eigenvalue weighted by atomic mass is 16.2. The summed E-state index contributed by atoms with van der Waals surface area (Å²) >= 11 is 0. The molecule has 0 unspecified atom stereocenters. The van der Waals surface area contributed by atoms with Gasteiger partial charge >= 0.3 is 0 Å². The Balaban J connectivity index is 2.54. The summed E-state index contributed by atoms with van der Waals surface area (Å²) in [5.41, 5.74) is 9.57. The van der Waals surface area contributed by atoms with Gasteiger partial charge in [-0.25, -0.2) is 0 Å². The highest BCUT2D eigenvalue weighted by Crippen LogP contribution is 2.17. The largest absolute Gasteiger partial charge is 0.354 e. The molecule has 0 fully saturated rings. The van der Waals surface area contributed by atoms with Crippen molar-refractivity contribution in [1.29, 1.82) is 0 Å². The molecular formula is C16H26N2O. The van der Waals surface area contributed by atoms with Crippen LogP contribution < -0.4 is 11.1 Å². The van der Waals surface area contributed by atoms with Gasteiger partial charge in [-0.1, -0.05) is 39.0 Å².